The Hall–Kier alpha value is -1.50. The van der Waals surface area contributed by atoms with Gasteiger partial charge in [-0.3, -0.25) is 0 Å². The van der Waals surface area contributed by atoms with E-state index in [1.807, 2.05) is 6.08 Å². The first-order chi connectivity index (χ1) is 11.9. The summed E-state index contributed by atoms with van der Waals surface area (Å²) in [5, 5.41) is 0. The number of allylic oxidation sites excluding steroid dienone is 7. The van der Waals surface area contributed by atoms with Gasteiger partial charge in [-0.25, -0.2) is 0 Å². The summed E-state index contributed by atoms with van der Waals surface area (Å²) < 4.78 is 5.66. The van der Waals surface area contributed by atoms with Crippen LogP contribution in [0.25, 0.3) is 0 Å². The lowest BCUT2D eigenvalue weighted by Crippen LogP contribution is -2.19. The molecule has 25 heavy (non-hydrogen) atoms. The molecular formula is C24H38O. The van der Waals surface area contributed by atoms with Crippen molar-refractivity contribution in [3.63, 3.8) is 0 Å². The molecule has 0 spiro atoms. The van der Waals surface area contributed by atoms with Gasteiger partial charge in [-0.1, -0.05) is 55.9 Å². The molecule has 0 aliphatic heterocycles. The molecule has 1 saturated carbocycles. The Kier molecular flexibility index (Phi) is 10.3. The van der Waals surface area contributed by atoms with Crippen LogP contribution in [0.3, 0.4) is 0 Å². The second-order valence-electron chi connectivity index (χ2n) is 7.92. The van der Waals surface area contributed by atoms with Crippen molar-refractivity contribution in [2.24, 2.45) is 17.8 Å². The summed E-state index contributed by atoms with van der Waals surface area (Å²) in [6, 6.07) is 0. The van der Waals surface area contributed by atoms with E-state index in [1.54, 1.807) is 0 Å². The van der Waals surface area contributed by atoms with Crippen LogP contribution in [0, 0.1) is 17.8 Å². The van der Waals surface area contributed by atoms with Gasteiger partial charge in [0.1, 0.15) is 12.4 Å². The van der Waals surface area contributed by atoms with Gasteiger partial charge < -0.3 is 4.74 Å². The molecule has 3 atom stereocenters. The minimum absolute atomic E-state index is 0.603. The molecule has 140 valence electrons. The maximum atomic E-state index is 5.66. The van der Waals surface area contributed by atoms with Gasteiger partial charge in [0, 0.05) is 0 Å². The van der Waals surface area contributed by atoms with Crippen LogP contribution in [0.1, 0.15) is 66.7 Å². The van der Waals surface area contributed by atoms with Crippen molar-refractivity contribution >= 4 is 0 Å². The largest absolute Gasteiger partial charge is 0.490 e. The van der Waals surface area contributed by atoms with E-state index in [2.05, 4.69) is 71.6 Å². The van der Waals surface area contributed by atoms with Crippen LogP contribution in [0.15, 0.2) is 59.9 Å². The van der Waals surface area contributed by atoms with Crippen LogP contribution in [-0.4, -0.2) is 6.61 Å². The molecule has 1 fully saturated rings. The second-order valence-corrected chi connectivity index (χ2v) is 7.92. The predicted octanol–water partition coefficient (Wildman–Crippen LogP) is 7.39. The van der Waals surface area contributed by atoms with E-state index >= 15 is 0 Å². The third kappa shape index (κ3) is 10.2. The number of hydrogen-bond acceptors (Lipinski definition) is 1. The summed E-state index contributed by atoms with van der Waals surface area (Å²) in [5.74, 6) is 3.18. The van der Waals surface area contributed by atoms with E-state index in [-0.39, 0.29) is 0 Å². The van der Waals surface area contributed by atoms with Gasteiger partial charge in [0.25, 0.3) is 0 Å². The molecule has 3 unspecified atom stereocenters. The first-order valence-electron chi connectivity index (χ1n) is 9.84. The molecule has 0 aromatic rings. The molecule has 1 rings (SSSR count). The van der Waals surface area contributed by atoms with Crippen LogP contribution in [-0.2, 0) is 4.74 Å². The van der Waals surface area contributed by atoms with Crippen molar-refractivity contribution in [2.75, 3.05) is 6.61 Å². The summed E-state index contributed by atoms with van der Waals surface area (Å²) in [4.78, 5) is 0. The fourth-order valence-electron chi connectivity index (χ4n) is 3.18. The maximum Gasteiger partial charge on any atom is 0.112 e. The minimum Gasteiger partial charge on any atom is -0.490 e. The van der Waals surface area contributed by atoms with Crippen molar-refractivity contribution in [3.05, 3.63) is 59.9 Å². The molecule has 0 heterocycles. The van der Waals surface area contributed by atoms with E-state index < -0.39 is 0 Å². The van der Waals surface area contributed by atoms with Crippen LogP contribution in [0.2, 0.25) is 0 Å². The smallest absolute Gasteiger partial charge is 0.112 e. The van der Waals surface area contributed by atoms with Crippen molar-refractivity contribution < 1.29 is 4.74 Å². The summed E-state index contributed by atoms with van der Waals surface area (Å²) in [6.07, 6.45) is 19.1. The molecule has 0 aromatic carbocycles. The average molecular weight is 343 g/mol. The van der Waals surface area contributed by atoms with Crippen LogP contribution in [0.5, 0.6) is 0 Å². The third-order valence-corrected chi connectivity index (χ3v) is 5.21. The van der Waals surface area contributed by atoms with E-state index in [4.69, 9.17) is 4.74 Å². The highest BCUT2D eigenvalue weighted by atomic mass is 16.5. The fourth-order valence-corrected chi connectivity index (χ4v) is 3.18. The Morgan fingerprint density at radius 2 is 1.80 bits per heavy atom. The Balaban J connectivity index is 2.24. The molecule has 1 nitrogen and oxygen atoms in total. The van der Waals surface area contributed by atoms with Gasteiger partial charge in [0.05, 0.1) is 0 Å². The lowest BCUT2D eigenvalue weighted by Gasteiger charge is -2.30. The molecular weight excluding hydrogens is 304 g/mol. The van der Waals surface area contributed by atoms with Gasteiger partial charge in [-0.05, 0) is 82.8 Å². The Morgan fingerprint density at radius 1 is 1.04 bits per heavy atom. The summed E-state index contributed by atoms with van der Waals surface area (Å²) in [7, 11) is 0. The first-order valence-corrected chi connectivity index (χ1v) is 9.84. The Morgan fingerprint density at radius 3 is 2.48 bits per heavy atom. The van der Waals surface area contributed by atoms with Gasteiger partial charge >= 0.3 is 0 Å². The van der Waals surface area contributed by atoms with Crippen LogP contribution in [0.4, 0.5) is 0 Å². The Labute approximate surface area is 156 Å². The Bertz CT molecular complexity index is 514. The van der Waals surface area contributed by atoms with E-state index in [9.17, 15) is 0 Å². The fraction of sp³-hybridized carbons (Fsp3) is 0.583. The van der Waals surface area contributed by atoms with Gasteiger partial charge in [-0.2, -0.15) is 0 Å². The molecule has 0 N–H and O–H groups in total. The normalized spacial score (nSPS) is 24.7. The van der Waals surface area contributed by atoms with Gasteiger partial charge in [0.2, 0.25) is 0 Å². The van der Waals surface area contributed by atoms with Crippen molar-refractivity contribution in [1.29, 1.82) is 0 Å². The van der Waals surface area contributed by atoms with E-state index in [0.29, 0.717) is 6.61 Å². The lowest BCUT2D eigenvalue weighted by molar-refractivity contribution is 0.237. The topological polar surface area (TPSA) is 9.23 Å². The average Bonchev–Trinajstić information content (AvgIpc) is 2.54. The highest BCUT2D eigenvalue weighted by Crippen LogP contribution is 2.33. The maximum absolute atomic E-state index is 5.66. The lowest BCUT2D eigenvalue weighted by atomic mass is 9.76. The predicted molar refractivity (Wildman–Crippen MR) is 111 cm³/mol. The van der Waals surface area contributed by atoms with Crippen molar-refractivity contribution in [1.82, 2.24) is 0 Å². The van der Waals surface area contributed by atoms with Crippen LogP contribution >= 0.6 is 0 Å². The van der Waals surface area contributed by atoms with Crippen molar-refractivity contribution in [3.8, 4) is 0 Å². The zero-order chi connectivity index (χ0) is 18.7. The molecule has 0 amide bonds. The molecule has 0 bridgehead atoms. The summed E-state index contributed by atoms with van der Waals surface area (Å²) in [6.45, 7) is 15.8. The molecule has 0 saturated heterocycles. The molecule has 1 aliphatic rings. The third-order valence-electron chi connectivity index (χ3n) is 5.21. The molecule has 1 heteroatoms. The second kappa shape index (κ2) is 12.0. The van der Waals surface area contributed by atoms with Gasteiger partial charge in [0.15, 0.2) is 0 Å². The number of rotatable bonds is 9. The SMILES string of the molecule is C=C(/C=C/C=C/C1CCC(C)C(C)C1)OC/C=C(\C)CCC=C(C)C. The summed E-state index contributed by atoms with van der Waals surface area (Å²) >= 11 is 0. The molecule has 0 aromatic heterocycles. The highest BCUT2D eigenvalue weighted by Gasteiger charge is 2.22. The van der Waals surface area contributed by atoms with Gasteiger partial charge in [-0.15, -0.1) is 0 Å². The monoisotopic (exact) mass is 342 g/mol. The zero-order valence-electron chi connectivity index (χ0n) is 17.1. The van der Waals surface area contributed by atoms with E-state index in [0.717, 1.165) is 36.4 Å². The minimum atomic E-state index is 0.603. The highest BCUT2D eigenvalue weighted by molar-refractivity contribution is 5.15. The quantitative estimate of drug-likeness (QED) is 0.241. The van der Waals surface area contributed by atoms with Crippen LogP contribution < -0.4 is 0 Å². The first kappa shape index (κ1) is 21.5. The van der Waals surface area contributed by atoms with Crippen molar-refractivity contribution in [2.45, 2.75) is 66.7 Å². The molecule has 1 aliphatic carbocycles. The molecule has 0 radical (unpaired) electrons. The standard InChI is InChI=1S/C24H38O/c1-19(2)10-9-11-20(3)16-17-25-23(6)12-7-8-13-24-15-14-21(4)22(5)18-24/h7-8,10,12-13,16,21-22,24H,6,9,11,14-15,17-18H2,1-5H3/b12-7+,13-8+,20-16+. The number of ether oxygens (including phenoxy) is 1. The summed E-state index contributed by atoms with van der Waals surface area (Å²) in [5.41, 5.74) is 2.75. The zero-order valence-corrected chi connectivity index (χ0v) is 17.1. The number of hydrogen-bond donors (Lipinski definition) is 0. The van der Waals surface area contributed by atoms with E-state index in [1.165, 1.54) is 30.4 Å².